The van der Waals surface area contributed by atoms with Crippen LogP contribution in [0.1, 0.15) is 51.9 Å². The molecule has 0 aliphatic heterocycles. The first-order chi connectivity index (χ1) is 8.85. The lowest BCUT2D eigenvalue weighted by Gasteiger charge is -2.33. The molecule has 0 radical (unpaired) electrons. The van der Waals surface area contributed by atoms with Gasteiger partial charge in [0.1, 0.15) is 0 Å². The van der Waals surface area contributed by atoms with E-state index in [4.69, 9.17) is 0 Å². The lowest BCUT2D eigenvalue weighted by molar-refractivity contribution is 0.234. The molecule has 3 nitrogen and oxygen atoms in total. The van der Waals surface area contributed by atoms with Crippen LogP contribution in [-0.2, 0) is 13.5 Å². The summed E-state index contributed by atoms with van der Waals surface area (Å²) >= 11 is 3.69. The highest BCUT2D eigenvalue weighted by molar-refractivity contribution is 9.10. The van der Waals surface area contributed by atoms with Crippen molar-refractivity contribution >= 4 is 15.9 Å². The fourth-order valence-electron chi connectivity index (χ4n) is 2.46. The molecule has 1 rings (SSSR count). The molecule has 1 heterocycles. The van der Waals surface area contributed by atoms with Crippen LogP contribution in [0.25, 0.3) is 0 Å². The Morgan fingerprint density at radius 2 is 1.89 bits per heavy atom. The van der Waals surface area contributed by atoms with E-state index in [1.54, 1.807) is 0 Å². The van der Waals surface area contributed by atoms with Crippen LogP contribution in [0.15, 0.2) is 4.47 Å². The van der Waals surface area contributed by atoms with Gasteiger partial charge in [-0.1, -0.05) is 27.7 Å². The summed E-state index contributed by atoms with van der Waals surface area (Å²) in [7, 11) is 2.04. The summed E-state index contributed by atoms with van der Waals surface area (Å²) in [6.07, 6.45) is 3.43. The normalized spacial score (nSPS) is 12.4. The Bertz CT molecular complexity index is 406. The Morgan fingerprint density at radius 3 is 2.26 bits per heavy atom. The minimum absolute atomic E-state index is 0.313. The number of nitrogens with one attached hydrogen (secondary N) is 1. The number of halogens is 1. The first-order valence-electron chi connectivity index (χ1n) is 7.26. The van der Waals surface area contributed by atoms with Gasteiger partial charge in [0.2, 0.25) is 0 Å². The maximum absolute atomic E-state index is 4.51. The third-order valence-electron chi connectivity index (χ3n) is 4.19. The summed E-state index contributed by atoms with van der Waals surface area (Å²) in [5.41, 5.74) is 2.70. The van der Waals surface area contributed by atoms with Crippen molar-refractivity contribution in [2.75, 3.05) is 6.54 Å². The second-order valence-electron chi connectivity index (χ2n) is 5.89. The molecule has 4 heteroatoms. The van der Waals surface area contributed by atoms with E-state index < -0.39 is 0 Å². The summed E-state index contributed by atoms with van der Waals surface area (Å²) < 4.78 is 3.19. The third kappa shape index (κ3) is 4.06. The number of rotatable bonds is 7. The molecule has 19 heavy (non-hydrogen) atoms. The second-order valence-corrected chi connectivity index (χ2v) is 6.68. The molecule has 1 aromatic heterocycles. The van der Waals surface area contributed by atoms with Crippen LogP contribution in [0.4, 0.5) is 0 Å². The number of aromatic nitrogens is 2. The summed E-state index contributed by atoms with van der Waals surface area (Å²) in [5, 5.41) is 8.12. The Morgan fingerprint density at radius 1 is 1.32 bits per heavy atom. The van der Waals surface area contributed by atoms with Gasteiger partial charge in [0.25, 0.3) is 0 Å². The minimum atomic E-state index is 0.313. The zero-order valence-corrected chi connectivity index (χ0v) is 14.8. The lowest BCUT2D eigenvalue weighted by Crippen LogP contribution is -2.39. The van der Waals surface area contributed by atoms with E-state index in [-0.39, 0.29) is 0 Å². The standard InChI is InChI=1S/C15H28BrN3/c1-7-15(8-2,10-17-11(3)4)9-13-14(16)12(5)18-19(13)6/h11,17H,7-10H2,1-6H3. The molecule has 0 aliphatic carbocycles. The van der Waals surface area contributed by atoms with Gasteiger partial charge in [-0.15, -0.1) is 0 Å². The predicted molar refractivity (Wildman–Crippen MR) is 85.5 cm³/mol. The number of hydrogen-bond donors (Lipinski definition) is 1. The van der Waals surface area contributed by atoms with Gasteiger partial charge >= 0.3 is 0 Å². The molecule has 0 aromatic carbocycles. The van der Waals surface area contributed by atoms with Gasteiger partial charge in [-0.25, -0.2) is 0 Å². The number of nitrogens with zero attached hydrogens (tertiary/aromatic N) is 2. The highest BCUT2D eigenvalue weighted by Crippen LogP contribution is 2.33. The molecule has 0 unspecified atom stereocenters. The zero-order valence-electron chi connectivity index (χ0n) is 13.2. The van der Waals surface area contributed by atoms with E-state index in [2.05, 4.69) is 61.0 Å². The fraction of sp³-hybridized carbons (Fsp3) is 0.800. The van der Waals surface area contributed by atoms with Crippen molar-refractivity contribution in [3.05, 3.63) is 15.9 Å². The minimum Gasteiger partial charge on any atom is -0.314 e. The van der Waals surface area contributed by atoms with Gasteiger partial charge in [-0.2, -0.15) is 5.10 Å². The monoisotopic (exact) mass is 329 g/mol. The molecule has 0 fully saturated rings. The first kappa shape index (κ1) is 16.7. The Kier molecular flexibility index (Phi) is 6.06. The van der Waals surface area contributed by atoms with Crippen molar-refractivity contribution in [3.63, 3.8) is 0 Å². The zero-order chi connectivity index (χ0) is 14.6. The average Bonchev–Trinajstić information content (AvgIpc) is 2.60. The molecule has 0 saturated heterocycles. The summed E-state index contributed by atoms with van der Waals surface area (Å²) in [6.45, 7) is 12.1. The summed E-state index contributed by atoms with van der Waals surface area (Å²) in [5.74, 6) is 0. The summed E-state index contributed by atoms with van der Waals surface area (Å²) in [6, 6.07) is 0.536. The molecule has 1 aromatic rings. The fourth-order valence-corrected chi connectivity index (χ4v) is 2.94. The van der Waals surface area contributed by atoms with Gasteiger partial charge < -0.3 is 5.32 Å². The van der Waals surface area contributed by atoms with Crippen LogP contribution in [0, 0.1) is 12.3 Å². The number of aryl methyl sites for hydroxylation is 2. The van der Waals surface area contributed by atoms with Crippen molar-refractivity contribution in [3.8, 4) is 0 Å². The average molecular weight is 330 g/mol. The lowest BCUT2D eigenvalue weighted by atomic mass is 9.78. The van der Waals surface area contributed by atoms with Crippen LogP contribution in [-0.4, -0.2) is 22.4 Å². The summed E-state index contributed by atoms with van der Waals surface area (Å²) in [4.78, 5) is 0. The predicted octanol–water partition coefficient (Wildman–Crippen LogP) is 3.84. The molecular formula is C15H28BrN3. The molecule has 1 N–H and O–H groups in total. The molecular weight excluding hydrogens is 302 g/mol. The smallest absolute Gasteiger partial charge is 0.0738 e. The Hall–Kier alpha value is -0.350. The van der Waals surface area contributed by atoms with Crippen LogP contribution in [0.3, 0.4) is 0 Å². The van der Waals surface area contributed by atoms with Crippen molar-refractivity contribution in [1.29, 1.82) is 0 Å². The third-order valence-corrected chi connectivity index (χ3v) is 5.22. The van der Waals surface area contributed by atoms with E-state index in [0.717, 1.165) is 18.7 Å². The van der Waals surface area contributed by atoms with Gasteiger partial charge in [-0.05, 0) is 47.5 Å². The van der Waals surface area contributed by atoms with Gasteiger partial charge in [0.05, 0.1) is 15.9 Å². The van der Waals surface area contributed by atoms with Gasteiger partial charge in [0, 0.05) is 19.6 Å². The maximum Gasteiger partial charge on any atom is 0.0738 e. The molecule has 0 amide bonds. The SMILES string of the molecule is CCC(CC)(CNC(C)C)Cc1c(Br)c(C)nn1C. The van der Waals surface area contributed by atoms with Crippen molar-refractivity contribution in [2.24, 2.45) is 12.5 Å². The molecule has 0 spiro atoms. The molecule has 0 saturated carbocycles. The van der Waals surface area contributed by atoms with Gasteiger partial charge in [0.15, 0.2) is 0 Å². The molecule has 110 valence electrons. The maximum atomic E-state index is 4.51. The second kappa shape index (κ2) is 6.89. The van der Waals surface area contributed by atoms with E-state index in [9.17, 15) is 0 Å². The Labute approximate surface area is 126 Å². The van der Waals surface area contributed by atoms with Crippen LogP contribution < -0.4 is 5.32 Å². The van der Waals surface area contributed by atoms with E-state index in [0.29, 0.717) is 11.5 Å². The highest BCUT2D eigenvalue weighted by atomic mass is 79.9. The van der Waals surface area contributed by atoms with Crippen molar-refractivity contribution < 1.29 is 0 Å². The highest BCUT2D eigenvalue weighted by Gasteiger charge is 2.29. The van der Waals surface area contributed by atoms with E-state index in [1.165, 1.54) is 23.0 Å². The van der Waals surface area contributed by atoms with Gasteiger partial charge in [-0.3, -0.25) is 4.68 Å². The van der Waals surface area contributed by atoms with Crippen LogP contribution in [0.2, 0.25) is 0 Å². The van der Waals surface area contributed by atoms with E-state index >= 15 is 0 Å². The largest absolute Gasteiger partial charge is 0.314 e. The first-order valence-corrected chi connectivity index (χ1v) is 8.06. The quantitative estimate of drug-likeness (QED) is 0.823. The van der Waals surface area contributed by atoms with E-state index in [1.807, 2.05) is 11.7 Å². The molecule has 0 atom stereocenters. The van der Waals surface area contributed by atoms with Crippen molar-refractivity contribution in [2.45, 2.75) is 59.9 Å². The van der Waals surface area contributed by atoms with Crippen molar-refractivity contribution in [1.82, 2.24) is 15.1 Å². The molecule has 0 aliphatic rings. The van der Waals surface area contributed by atoms with Crippen LogP contribution >= 0.6 is 15.9 Å². The van der Waals surface area contributed by atoms with Crippen LogP contribution in [0.5, 0.6) is 0 Å². The topological polar surface area (TPSA) is 29.9 Å². The Balaban J connectivity index is 2.94. The number of hydrogen-bond acceptors (Lipinski definition) is 2. The molecule has 0 bridgehead atoms.